The average molecular weight is 382 g/mol. The number of para-hydroxylation sites is 2. The van der Waals surface area contributed by atoms with Gasteiger partial charge in [-0.1, -0.05) is 12.1 Å². The highest BCUT2D eigenvalue weighted by atomic mass is 19.4. The predicted molar refractivity (Wildman–Crippen MR) is 86.4 cm³/mol. The van der Waals surface area contributed by atoms with Crippen LogP contribution < -0.4 is 20.1 Å². The standard InChI is InChI=1S/C17H13F3N2O5/c1-25-14(23)10-6-8-11(9-7-10)21-15(24)22-17(16(18,19)20)26-12-4-2-3-5-13(12)27-17/h2-9H,1H3,(H2,21,22,24). The Bertz CT molecular complexity index is 843. The Morgan fingerprint density at radius 2 is 1.56 bits per heavy atom. The second-order valence-electron chi connectivity index (χ2n) is 5.41. The molecule has 0 atom stereocenters. The first-order valence-corrected chi connectivity index (χ1v) is 7.55. The summed E-state index contributed by atoms with van der Waals surface area (Å²) in [7, 11) is 1.21. The number of urea groups is 1. The topological polar surface area (TPSA) is 85.9 Å². The van der Waals surface area contributed by atoms with E-state index in [-0.39, 0.29) is 22.7 Å². The SMILES string of the molecule is COC(=O)c1ccc(NC(=O)NC2(C(F)(F)F)Oc3ccccc3O2)cc1. The van der Waals surface area contributed by atoms with Gasteiger partial charge in [-0.2, -0.15) is 13.2 Å². The molecule has 7 nitrogen and oxygen atoms in total. The van der Waals surface area contributed by atoms with Crippen LogP contribution in [0.4, 0.5) is 23.7 Å². The van der Waals surface area contributed by atoms with Gasteiger partial charge < -0.3 is 19.5 Å². The molecule has 1 aliphatic rings. The molecule has 0 aromatic heterocycles. The number of benzene rings is 2. The predicted octanol–water partition coefficient (Wildman–Crippen LogP) is 3.28. The summed E-state index contributed by atoms with van der Waals surface area (Å²) in [5.41, 5.74) is 0.362. The number of carbonyl (C=O) groups excluding carboxylic acids is 2. The fourth-order valence-corrected chi connectivity index (χ4v) is 2.31. The van der Waals surface area contributed by atoms with Gasteiger partial charge in [0.25, 0.3) is 0 Å². The molecule has 3 rings (SSSR count). The summed E-state index contributed by atoms with van der Waals surface area (Å²) in [6, 6.07) is 9.65. The van der Waals surface area contributed by atoms with E-state index in [4.69, 9.17) is 9.47 Å². The maximum absolute atomic E-state index is 13.5. The average Bonchev–Trinajstić information content (AvgIpc) is 3.00. The number of nitrogens with one attached hydrogen (secondary N) is 2. The summed E-state index contributed by atoms with van der Waals surface area (Å²) in [4.78, 5) is 23.4. The van der Waals surface area contributed by atoms with Crippen LogP contribution in [0.3, 0.4) is 0 Å². The molecule has 10 heteroatoms. The molecular weight excluding hydrogens is 369 g/mol. The van der Waals surface area contributed by atoms with Crippen molar-refractivity contribution in [1.82, 2.24) is 5.32 Å². The van der Waals surface area contributed by atoms with Crippen LogP contribution in [0.2, 0.25) is 0 Å². The van der Waals surface area contributed by atoms with Gasteiger partial charge in [-0.15, -0.1) is 0 Å². The zero-order valence-corrected chi connectivity index (χ0v) is 13.8. The number of methoxy groups -OCH3 is 1. The molecule has 0 fully saturated rings. The molecule has 0 saturated heterocycles. The molecule has 0 spiro atoms. The third-order valence-corrected chi connectivity index (χ3v) is 3.57. The lowest BCUT2D eigenvalue weighted by atomic mass is 10.2. The number of anilines is 1. The number of esters is 1. The number of halogens is 3. The molecule has 2 amide bonds. The van der Waals surface area contributed by atoms with Gasteiger partial charge in [-0.3, -0.25) is 5.32 Å². The van der Waals surface area contributed by atoms with Crippen LogP contribution in [-0.4, -0.2) is 31.2 Å². The summed E-state index contributed by atoms with van der Waals surface area (Å²) in [5.74, 6) is -4.25. The Morgan fingerprint density at radius 3 is 2.04 bits per heavy atom. The van der Waals surface area contributed by atoms with Crippen LogP contribution >= 0.6 is 0 Å². The fraction of sp³-hybridized carbons (Fsp3) is 0.176. The lowest BCUT2D eigenvalue weighted by Gasteiger charge is -2.29. The van der Waals surface area contributed by atoms with E-state index >= 15 is 0 Å². The molecule has 1 heterocycles. The highest BCUT2D eigenvalue weighted by Crippen LogP contribution is 2.44. The van der Waals surface area contributed by atoms with Crippen molar-refractivity contribution in [1.29, 1.82) is 0 Å². The number of fused-ring (bicyclic) bond motifs is 1. The Labute approximate surface area is 151 Å². The minimum Gasteiger partial charge on any atom is -0.465 e. The molecule has 0 saturated carbocycles. The molecule has 2 aromatic carbocycles. The van der Waals surface area contributed by atoms with Crippen molar-refractivity contribution < 1.29 is 37.0 Å². The van der Waals surface area contributed by atoms with Crippen molar-refractivity contribution in [3.63, 3.8) is 0 Å². The minimum atomic E-state index is -5.06. The Morgan fingerprint density at radius 1 is 1.00 bits per heavy atom. The molecular formula is C17H13F3N2O5. The second-order valence-corrected chi connectivity index (χ2v) is 5.41. The summed E-state index contributed by atoms with van der Waals surface area (Å²) >= 11 is 0. The minimum absolute atomic E-state index is 0.146. The van der Waals surface area contributed by atoms with E-state index < -0.39 is 24.1 Å². The van der Waals surface area contributed by atoms with E-state index in [1.165, 1.54) is 55.6 Å². The number of hydrogen-bond donors (Lipinski definition) is 2. The normalized spacial score (nSPS) is 14.4. The first kappa shape index (κ1) is 18.4. The molecule has 0 bridgehead atoms. The van der Waals surface area contributed by atoms with Crippen molar-refractivity contribution in [2.45, 2.75) is 12.1 Å². The van der Waals surface area contributed by atoms with Crippen LogP contribution in [0.5, 0.6) is 11.5 Å². The maximum Gasteiger partial charge on any atom is 0.492 e. The Hall–Kier alpha value is -3.43. The van der Waals surface area contributed by atoms with Crippen LogP contribution in [0.1, 0.15) is 10.4 Å². The maximum atomic E-state index is 13.5. The van der Waals surface area contributed by atoms with E-state index in [1.807, 2.05) is 0 Å². The molecule has 0 aliphatic carbocycles. The van der Waals surface area contributed by atoms with Gasteiger partial charge >= 0.3 is 24.1 Å². The smallest absolute Gasteiger partial charge is 0.465 e. The van der Waals surface area contributed by atoms with Gasteiger partial charge in [-0.05, 0) is 36.4 Å². The Balaban J connectivity index is 1.74. The molecule has 0 unspecified atom stereocenters. The summed E-state index contributed by atoms with van der Waals surface area (Å²) in [6.07, 6.45) is -5.06. The summed E-state index contributed by atoms with van der Waals surface area (Å²) < 4.78 is 54.8. The van der Waals surface area contributed by atoms with Gasteiger partial charge in [0.05, 0.1) is 12.7 Å². The zero-order valence-electron chi connectivity index (χ0n) is 13.8. The molecule has 27 heavy (non-hydrogen) atoms. The van der Waals surface area contributed by atoms with Crippen molar-refractivity contribution in [3.8, 4) is 11.5 Å². The summed E-state index contributed by atoms with van der Waals surface area (Å²) in [5, 5.41) is 3.88. The third kappa shape index (κ3) is 3.59. The van der Waals surface area contributed by atoms with Gasteiger partial charge in [0.1, 0.15) is 0 Å². The van der Waals surface area contributed by atoms with Crippen molar-refractivity contribution in [3.05, 3.63) is 54.1 Å². The molecule has 2 aromatic rings. The quantitative estimate of drug-likeness (QED) is 0.796. The van der Waals surface area contributed by atoms with E-state index in [0.29, 0.717) is 0 Å². The number of hydrogen-bond acceptors (Lipinski definition) is 5. The highest BCUT2D eigenvalue weighted by Gasteiger charge is 2.65. The van der Waals surface area contributed by atoms with Crippen molar-refractivity contribution >= 4 is 17.7 Å². The molecule has 0 radical (unpaired) electrons. The van der Waals surface area contributed by atoms with Crippen molar-refractivity contribution in [2.24, 2.45) is 0 Å². The number of carbonyl (C=O) groups is 2. The van der Waals surface area contributed by atoms with Crippen LogP contribution in [0.25, 0.3) is 0 Å². The number of ether oxygens (including phenoxy) is 3. The number of rotatable bonds is 3. The lowest BCUT2D eigenvalue weighted by Crippen LogP contribution is -2.65. The molecule has 142 valence electrons. The van der Waals surface area contributed by atoms with E-state index in [2.05, 4.69) is 10.1 Å². The van der Waals surface area contributed by atoms with Gasteiger partial charge in [-0.25, -0.2) is 9.59 Å². The van der Waals surface area contributed by atoms with Gasteiger partial charge in [0, 0.05) is 5.69 Å². The van der Waals surface area contributed by atoms with Gasteiger partial charge in [0.2, 0.25) is 0 Å². The lowest BCUT2D eigenvalue weighted by molar-refractivity contribution is -0.317. The Kier molecular flexibility index (Phi) is 4.56. The number of amides is 2. The first-order chi connectivity index (χ1) is 12.7. The van der Waals surface area contributed by atoms with Gasteiger partial charge in [0.15, 0.2) is 11.5 Å². The van der Waals surface area contributed by atoms with Crippen LogP contribution in [-0.2, 0) is 4.74 Å². The first-order valence-electron chi connectivity index (χ1n) is 7.55. The molecule has 2 N–H and O–H groups in total. The monoisotopic (exact) mass is 382 g/mol. The van der Waals surface area contributed by atoms with Crippen LogP contribution in [0.15, 0.2) is 48.5 Å². The second kappa shape index (κ2) is 6.71. The van der Waals surface area contributed by atoms with E-state index in [1.54, 1.807) is 5.32 Å². The third-order valence-electron chi connectivity index (χ3n) is 3.57. The molecule has 1 aliphatic heterocycles. The largest absolute Gasteiger partial charge is 0.492 e. The summed E-state index contributed by atoms with van der Waals surface area (Å²) in [6.45, 7) is 0. The number of alkyl halides is 3. The van der Waals surface area contributed by atoms with Crippen LogP contribution in [0, 0.1) is 0 Å². The van der Waals surface area contributed by atoms with E-state index in [9.17, 15) is 22.8 Å². The van der Waals surface area contributed by atoms with Crippen molar-refractivity contribution in [2.75, 3.05) is 12.4 Å². The zero-order chi connectivity index (χ0) is 19.7. The highest BCUT2D eigenvalue weighted by molar-refractivity contribution is 5.92. The van der Waals surface area contributed by atoms with E-state index in [0.717, 1.165) is 0 Å². The fourth-order valence-electron chi connectivity index (χ4n) is 2.31.